The summed E-state index contributed by atoms with van der Waals surface area (Å²) < 4.78 is 23.6. The van der Waals surface area contributed by atoms with Crippen molar-refractivity contribution >= 4 is 45.8 Å². The minimum Gasteiger partial charge on any atom is -0.495 e. The second-order valence-corrected chi connectivity index (χ2v) is 10.1. The number of methoxy groups -OCH3 is 3. The number of carbonyl (C=O) groups is 1. The first-order valence-electron chi connectivity index (χ1n) is 12.6. The van der Waals surface area contributed by atoms with Crippen LogP contribution in [0.5, 0.6) is 11.5 Å². The van der Waals surface area contributed by atoms with Crippen LogP contribution in [0, 0.1) is 0 Å². The molecule has 0 radical (unpaired) electrons. The van der Waals surface area contributed by atoms with E-state index < -0.39 is 0 Å². The number of amides is 1. The molecule has 40 heavy (non-hydrogen) atoms. The number of halogens is 2. The van der Waals surface area contributed by atoms with E-state index in [-0.39, 0.29) is 52.4 Å². The minimum absolute atomic E-state index is 0.000529. The third-order valence-corrected chi connectivity index (χ3v) is 7.39. The molecule has 0 aliphatic carbocycles. The Balaban J connectivity index is 1.76. The Bertz CT molecular complexity index is 1440. The van der Waals surface area contributed by atoms with Gasteiger partial charge in [0.05, 0.1) is 54.7 Å². The maximum absolute atomic E-state index is 14.0. The summed E-state index contributed by atoms with van der Waals surface area (Å²) in [5, 5.41) is 4.36. The van der Waals surface area contributed by atoms with Crippen molar-refractivity contribution in [2.45, 2.75) is 25.6 Å². The molecule has 2 aromatic heterocycles. The first kappa shape index (κ1) is 29.7. The second-order valence-electron chi connectivity index (χ2n) is 9.37. The van der Waals surface area contributed by atoms with Crippen LogP contribution in [0.15, 0.2) is 41.8 Å². The van der Waals surface area contributed by atoms with E-state index in [1.54, 1.807) is 34.9 Å². The summed E-state index contributed by atoms with van der Waals surface area (Å²) in [4.78, 5) is 32.0. The van der Waals surface area contributed by atoms with Gasteiger partial charge in [-0.1, -0.05) is 29.8 Å². The third kappa shape index (κ3) is 6.05. The summed E-state index contributed by atoms with van der Waals surface area (Å²) in [6.45, 7) is 7.40. The molecule has 1 saturated heterocycles. The predicted octanol–water partition coefficient (Wildman–Crippen LogP) is 4.25. The standard InChI is InChI=1S/C28H32Cl2N4O6/c1-6-24(35)33-13-18(14-33)40-8-7-34-20-10-23(32-16(2)15-37-3)31-12-17(20)9-19(28(34)36)25-26(29)21(38-4)11-22(39-5)27(25)30/h6,9-12,16,18H,1,7-8,13-15H2,2-5H3,(H,31,32)/t16-/m0/s1. The molecule has 0 saturated carbocycles. The zero-order valence-electron chi connectivity index (χ0n) is 22.8. The number of anilines is 1. The Hall–Kier alpha value is -3.31. The number of hydrogen-bond acceptors (Lipinski definition) is 8. The van der Waals surface area contributed by atoms with Crippen LogP contribution in [0.1, 0.15) is 6.92 Å². The number of pyridine rings is 2. The Labute approximate surface area is 242 Å². The van der Waals surface area contributed by atoms with Gasteiger partial charge >= 0.3 is 0 Å². The van der Waals surface area contributed by atoms with Crippen LogP contribution >= 0.6 is 23.2 Å². The number of benzene rings is 1. The average molecular weight is 591 g/mol. The van der Waals surface area contributed by atoms with E-state index in [1.165, 1.54) is 20.3 Å². The van der Waals surface area contributed by atoms with Gasteiger partial charge < -0.3 is 33.7 Å². The summed E-state index contributed by atoms with van der Waals surface area (Å²) in [6.07, 6.45) is 2.85. The fourth-order valence-electron chi connectivity index (χ4n) is 4.58. The number of ether oxygens (including phenoxy) is 4. The molecule has 3 heterocycles. The van der Waals surface area contributed by atoms with Gasteiger partial charge in [0.1, 0.15) is 17.3 Å². The van der Waals surface area contributed by atoms with Gasteiger partial charge in [0.25, 0.3) is 5.56 Å². The number of carbonyl (C=O) groups excluding carboxylic acids is 1. The van der Waals surface area contributed by atoms with Crippen LogP contribution in [0.3, 0.4) is 0 Å². The van der Waals surface area contributed by atoms with Crippen LogP contribution in [0.4, 0.5) is 5.82 Å². The molecule has 12 heteroatoms. The van der Waals surface area contributed by atoms with Gasteiger partial charge in [-0.25, -0.2) is 4.98 Å². The number of aromatic nitrogens is 2. The lowest BCUT2D eigenvalue weighted by Crippen LogP contribution is -2.54. The molecule has 10 nitrogen and oxygen atoms in total. The van der Waals surface area contributed by atoms with Gasteiger partial charge in [0.2, 0.25) is 5.91 Å². The molecule has 1 atom stereocenters. The highest BCUT2D eigenvalue weighted by molar-refractivity contribution is 6.41. The molecule has 1 aromatic carbocycles. The van der Waals surface area contributed by atoms with Gasteiger partial charge in [0.15, 0.2) is 0 Å². The van der Waals surface area contributed by atoms with Crippen molar-refractivity contribution < 1.29 is 23.7 Å². The second kappa shape index (κ2) is 12.9. The van der Waals surface area contributed by atoms with Crippen LogP contribution in [0.2, 0.25) is 10.0 Å². The van der Waals surface area contributed by atoms with Gasteiger partial charge in [-0.2, -0.15) is 0 Å². The van der Waals surface area contributed by atoms with Crippen molar-refractivity contribution in [2.24, 2.45) is 0 Å². The summed E-state index contributed by atoms with van der Waals surface area (Å²) in [7, 11) is 4.58. The molecule has 1 N–H and O–H groups in total. The average Bonchev–Trinajstić information content (AvgIpc) is 2.91. The summed E-state index contributed by atoms with van der Waals surface area (Å²) in [5.74, 6) is 1.10. The highest BCUT2D eigenvalue weighted by atomic mass is 35.5. The van der Waals surface area contributed by atoms with E-state index in [4.69, 9.17) is 42.1 Å². The van der Waals surface area contributed by atoms with Gasteiger partial charge in [-0.15, -0.1) is 0 Å². The highest BCUT2D eigenvalue weighted by Crippen LogP contribution is 2.45. The first-order chi connectivity index (χ1) is 19.2. The summed E-state index contributed by atoms with van der Waals surface area (Å²) in [5.41, 5.74) is 0.893. The molecule has 4 rings (SSSR count). The molecule has 3 aromatic rings. The Morgan fingerprint density at radius 1 is 1.18 bits per heavy atom. The fourth-order valence-corrected chi connectivity index (χ4v) is 5.29. The lowest BCUT2D eigenvalue weighted by atomic mass is 10.0. The maximum Gasteiger partial charge on any atom is 0.259 e. The van der Waals surface area contributed by atoms with Gasteiger partial charge in [-0.05, 0) is 19.1 Å². The monoisotopic (exact) mass is 590 g/mol. The van der Waals surface area contributed by atoms with Crippen molar-refractivity contribution in [1.29, 1.82) is 0 Å². The van der Waals surface area contributed by atoms with Crippen LogP contribution in [0.25, 0.3) is 22.0 Å². The van der Waals surface area contributed by atoms with Crippen LogP contribution in [-0.2, 0) is 20.8 Å². The van der Waals surface area contributed by atoms with Crippen molar-refractivity contribution in [2.75, 3.05) is 52.9 Å². The molecule has 214 valence electrons. The number of nitrogens with zero attached hydrogens (tertiary/aromatic N) is 3. The molecule has 0 bridgehead atoms. The SMILES string of the molecule is C=CC(=O)N1CC(OCCn2c(=O)c(-c3c(Cl)c(OC)cc(OC)c3Cl)cc3cnc(N[C@@H](C)COC)cc32)C1. The fraction of sp³-hybridized carbons (Fsp3) is 0.393. The topological polar surface area (TPSA) is 104 Å². The van der Waals surface area contributed by atoms with Crippen molar-refractivity contribution in [3.8, 4) is 22.6 Å². The van der Waals surface area contributed by atoms with Crippen LogP contribution in [-0.4, -0.2) is 80.1 Å². The number of likely N-dealkylation sites (tertiary alicyclic amines) is 1. The number of rotatable bonds is 12. The molecule has 0 spiro atoms. The number of hydrogen-bond donors (Lipinski definition) is 1. The van der Waals surface area contributed by atoms with E-state index in [0.29, 0.717) is 53.5 Å². The molecule has 1 aliphatic rings. The van der Waals surface area contributed by atoms with E-state index in [9.17, 15) is 9.59 Å². The quantitative estimate of drug-likeness (QED) is 0.312. The Morgan fingerprint density at radius 2 is 1.85 bits per heavy atom. The first-order valence-corrected chi connectivity index (χ1v) is 13.4. The zero-order chi connectivity index (χ0) is 29.0. The molecular weight excluding hydrogens is 559 g/mol. The van der Waals surface area contributed by atoms with Crippen molar-refractivity contribution in [3.05, 3.63) is 57.4 Å². The van der Waals surface area contributed by atoms with Gasteiger partial charge in [0, 0.05) is 62.1 Å². The summed E-state index contributed by atoms with van der Waals surface area (Å²) in [6, 6.07) is 5.09. The molecule has 1 amide bonds. The number of nitrogens with one attached hydrogen (secondary N) is 1. The largest absolute Gasteiger partial charge is 0.495 e. The van der Waals surface area contributed by atoms with Crippen LogP contribution < -0.4 is 20.3 Å². The highest BCUT2D eigenvalue weighted by Gasteiger charge is 2.30. The third-order valence-electron chi connectivity index (χ3n) is 6.63. The molecule has 1 aliphatic heterocycles. The smallest absolute Gasteiger partial charge is 0.259 e. The summed E-state index contributed by atoms with van der Waals surface area (Å²) >= 11 is 13.3. The molecule has 1 fully saturated rings. The Morgan fingerprint density at radius 3 is 2.45 bits per heavy atom. The normalized spacial score (nSPS) is 14.1. The number of fused-ring (bicyclic) bond motifs is 1. The zero-order valence-corrected chi connectivity index (χ0v) is 24.3. The lowest BCUT2D eigenvalue weighted by Gasteiger charge is -2.38. The maximum atomic E-state index is 14.0. The lowest BCUT2D eigenvalue weighted by molar-refractivity contribution is -0.139. The van der Waals surface area contributed by atoms with E-state index in [1.807, 2.05) is 13.0 Å². The molecular formula is C28H32Cl2N4O6. The van der Waals surface area contributed by atoms with E-state index in [0.717, 1.165) is 0 Å². The minimum atomic E-state index is -0.325. The van der Waals surface area contributed by atoms with Crippen molar-refractivity contribution in [1.82, 2.24) is 14.5 Å². The van der Waals surface area contributed by atoms with E-state index >= 15 is 0 Å². The van der Waals surface area contributed by atoms with E-state index in [2.05, 4.69) is 16.9 Å². The van der Waals surface area contributed by atoms with Gasteiger partial charge in [-0.3, -0.25) is 9.59 Å². The molecule has 0 unspecified atom stereocenters. The predicted molar refractivity (Wildman–Crippen MR) is 156 cm³/mol. The Kier molecular flexibility index (Phi) is 9.57. The van der Waals surface area contributed by atoms with Crippen molar-refractivity contribution in [3.63, 3.8) is 0 Å².